The smallest absolute Gasteiger partial charge is 0.246 e. The summed E-state index contributed by atoms with van der Waals surface area (Å²) in [5.41, 5.74) is 16.7. The Hall–Kier alpha value is -4.61. The average Bonchev–Trinajstić information content (AvgIpc) is 3.66. The molecule has 1 unspecified atom stereocenters. The molecule has 2 aromatic carbocycles. The van der Waals surface area contributed by atoms with E-state index in [1.54, 1.807) is 6.92 Å². The third-order valence-electron chi connectivity index (χ3n) is 7.71. The number of nitrogens with zero attached hydrogens (tertiary/aromatic N) is 3. The summed E-state index contributed by atoms with van der Waals surface area (Å²) in [4.78, 5) is 49.5. The molecule has 2 aromatic rings. The van der Waals surface area contributed by atoms with E-state index in [9.17, 15) is 14.4 Å². The van der Waals surface area contributed by atoms with Crippen LogP contribution in [-0.2, 0) is 14.4 Å². The van der Waals surface area contributed by atoms with Crippen molar-refractivity contribution in [2.45, 2.75) is 43.2 Å². The van der Waals surface area contributed by atoms with Crippen LogP contribution in [0.1, 0.15) is 37.7 Å². The van der Waals surface area contributed by atoms with Crippen LogP contribution in [0.5, 0.6) is 0 Å². The van der Waals surface area contributed by atoms with Crippen LogP contribution in [0.2, 0.25) is 0 Å². The molecule has 3 atom stereocenters. The summed E-state index contributed by atoms with van der Waals surface area (Å²) in [5, 5.41) is 11.1. The van der Waals surface area contributed by atoms with Gasteiger partial charge in [0.05, 0.1) is 19.6 Å². The summed E-state index contributed by atoms with van der Waals surface area (Å²) in [6.07, 6.45) is 1.20. The molecule has 4 rings (SSSR count). The van der Waals surface area contributed by atoms with Crippen LogP contribution in [-0.4, -0.2) is 78.7 Å². The number of amides is 3. The third kappa shape index (κ3) is 6.76. The molecule has 2 aliphatic rings. The molecule has 1 aliphatic carbocycles. The van der Waals surface area contributed by atoms with Crippen molar-refractivity contribution in [1.82, 2.24) is 20.9 Å². The van der Waals surface area contributed by atoms with Gasteiger partial charge in [0.15, 0.2) is 5.96 Å². The number of carbonyl (C=O) groups is 3. The molecule has 0 aromatic heterocycles. The van der Waals surface area contributed by atoms with Gasteiger partial charge in [-0.15, -0.1) is 0 Å². The van der Waals surface area contributed by atoms with Gasteiger partial charge in [-0.05, 0) is 42.5 Å². The normalized spacial score (nSPS) is 25.9. The largest absolute Gasteiger partial charge is 0.385 e. The predicted molar refractivity (Wildman–Crippen MR) is 160 cm³/mol. The van der Waals surface area contributed by atoms with Crippen LogP contribution in [0.25, 0.3) is 10.8 Å². The molecule has 1 fully saturated rings. The fraction of sp³-hybridized carbons (Fsp3) is 0.414. The Bertz CT molecular complexity index is 1420. The van der Waals surface area contributed by atoms with E-state index >= 15 is 0 Å². The number of fused-ring (bicyclic) bond motifs is 1. The van der Waals surface area contributed by atoms with E-state index in [-0.39, 0.29) is 56.2 Å². The number of carbonyl (C=O) groups excluding carboxylic acids is 3. The van der Waals surface area contributed by atoms with E-state index in [2.05, 4.69) is 38.6 Å². The molecule has 1 spiro atoms. The van der Waals surface area contributed by atoms with Gasteiger partial charge in [-0.25, -0.2) is 0 Å². The molecule has 1 saturated carbocycles. The van der Waals surface area contributed by atoms with E-state index < -0.39 is 22.9 Å². The fourth-order valence-corrected chi connectivity index (χ4v) is 5.15. The van der Waals surface area contributed by atoms with Gasteiger partial charge in [0.2, 0.25) is 17.7 Å². The quantitative estimate of drug-likeness (QED) is 0.168. The van der Waals surface area contributed by atoms with Crippen molar-refractivity contribution in [1.29, 1.82) is 0 Å². The highest BCUT2D eigenvalue weighted by Gasteiger charge is 2.60. The first-order chi connectivity index (χ1) is 19.4. The van der Waals surface area contributed by atoms with Gasteiger partial charge in [0, 0.05) is 25.2 Å². The molecule has 0 saturated heterocycles. The number of guanidine groups is 1. The summed E-state index contributed by atoms with van der Waals surface area (Å²) in [5.74, 6) is -1.16. The molecular formula is C29H39N9O3. The molecule has 9 N–H and O–H groups in total. The Balaban J connectivity index is 1.69. The molecule has 1 aliphatic heterocycles. The van der Waals surface area contributed by atoms with Crippen LogP contribution in [0.4, 0.5) is 0 Å². The third-order valence-corrected chi connectivity index (χ3v) is 7.71. The molecule has 41 heavy (non-hydrogen) atoms. The number of hydrogen-bond acceptors (Lipinski definition) is 7. The minimum Gasteiger partial charge on any atom is -0.385 e. The summed E-state index contributed by atoms with van der Waals surface area (Å²) in [6.45, 7) is 5.70. The highest BCUT2D eigenvalue weighted by atomic mass is 16.2. The SMILES string of the molecule is C=C1CN=C(N)[C@]2(C[C@@H]2c2ccc3ccccc3c2)NC(=O)C(C)(CCCN=C(N)N)NC(=O)CN(C)C(=O)CN1. The molecule has 3 amide bonds. The van der Waals surface area contributed by atoms with Crippen molar-refractivity contribution in [2.24, 2.45) is 27.2 Å². The van der Waals surface area contributed by atoms with Gasteiger partial charge in [0.1, 0.15) is 16.9 Å². The van der Waals surface area contributed by atoms with Crippen LogP contribution >= 0.6 is 0 Å². The van der Waals surface area contributed by atoms with E-state index in [0.29, 0.717) is 18.5 Å². The maximum atomic E-state index is 14.0. The van der Waals surface area contributed by atoms with Crippen molar-refractivity contribution in [2.75, 3.05) is 33.2 Å². The predicted octanol–water partition coefficient (Wildman–Crippen LogP) is 0.0431. The maximum absolute atomic E-state index is 14.0. The molecular weight excluding hydrogens is 522 g/mol. The molecule has 1 heterocycles. The van der Waals surface area contributed by atoms with Gasteiger partial charge in [-0.2, -0.15) is 0 Å². The van der Waals surface area contributed by atoms with Crippen molar-refractivity contribution in [3.05, 3.63) is 60.3 Å². The number of rotatable bonds is 5. The van der Waals surface area contributed by atoms with Crippen molar-refractivity contribution >= 4 is 40.3 Å². The van der Waals surface area contributed by atoms with Crippen LogP contribution in [0, 0.1) is 0 Å². The van der Waals surface area contributed by atoms with Crippen LogP contribution < -0.4 is 33.2 Å². The van der Waals surface area contributed by atoms with Gasteiger partial charge in [-0.3, -0.25) is 24.4 Å². The number of nitrogens with one attached hydrogen (secondary N) is 3. The zero-order chi connectivity index (χ0) is 29.8. The van der Waals surface area contributed by atoms with E-state index in [0.717, 1.165) is 16.3 Å². The van der Waals surface area contributed by atoms with Crippen LogP contribution in [0.15, 0.2) is 64.7 Å². The molecule has 12 heteroatoms. The lowest BCUT2D eigenvalue weighted by atomic mass is 9.92. The highest BCUT2D eigenvalue weighted by Crippen LogP contribution is 2.52. The average molecular weight is 562 g/mol. The number of hydrogen-bond donors (Lipinski definition) is 6. The number of benzene rings is 2. The Labute approximate surface area is 239 Å². The van der Waals surface area contributed by atoms with Crippen molar-refractivity contribution in [3.8, 4) is 0 Å². The minimum absolute atomic E-state index is 0.0554. The van der Waals surface area contributed by atoms with Gasteiger partial charge >= 0.3 is 0 Å². The Kier molecular flexibility index (Phi) is 8.50. The van der Waals surface area contributed by atoms with Gasteiger partial charge in [0.25, 0.3) is 0 Å². The summed E-state index contributed by atoms with van der Waals surface area (Å²) in [7, 11) is 1.52. The number of aliphatic imine (C=N–C) groups is 2. The second-order valence-electron chi connectivity index (χ2n) is 11.0. The number of amidine groups is 1. The van der Waals surface area contributed by atoms with Crippen molar-refractivity contribution < 1.29 is 14.4 Å². The van der Waals surface area contributed by atoms with Crippen LogP contribution in [0.3, 0.4) is 0 Å². The Morgan fingerprint density at radius 2 is 1.88 bits per heavy atom. The fourth-order valence-electron chi connectivity index (χ4n) is 5.15. The summed E-state index contributed by atoms with van der Waals surface area (Å²) < 4.78 is 0. The Morgan fingerprint density at radius 1 is 1.15 bits per heavy atom. The highest BCUT2D eigenvalue weighted by molar-refractivity contribution is 6.02. The lowest BCUT2D eigenvalue weighted by molar-refractivity contribution is -0.137. The Morgan fingerprint density at radius 3 is 2.61 bits per heavy atom. The monoisotopic (exact) mass is 561 g/mol. The second-order valence-corrected chi connectivity index (χ2v) is 11.0. The van der Waals surface area contributed by atoms with E-state index in [4.69, 9.17) is 17.2 Å². The van der Waals surface area contributed by atoms with Gasteiger partial charge < -0.3 is 38.1 Å². The zero-order valence-electron chi connectivity index (χ0n) is 23.6. The number of nitrogens with two attached hydrogens (primary N) is 3. The first-order valence-corrected chi connectivity index (χ1v) is 13.6. The minimum atomic E-state index is -1.34. The molecule has 12 nitrogen and oxygen atoms in total. The lowest BCUT2D eigenvalue weighted by Gasteiger charge is -2.33. The maximum Gasteiger partial charge on any atom is 0.246 e. The molecule has 0 bridgehead atoms. The molecule has 0 radical (unpaired) electrons. The lowest BCUT2D eigenvalue weighted by Crippen LogP contribution is -2.62. The summed E-state index contributed by atoms with van der Waals surface area (Å²) in [6, 6.07) is 14.2. The molecule has 218 valence electrons. The topological polar surface area (TPSA) is 193 Å². The van der Waals surface area contributed by atoms with Gasteiger partial charge in [-0.1, -0.05) is 49.0 Å². The standard InChI is InChI=1S/C29H39N9O3/c1-18-15-35-25(30)29(14-22(29)21-10-9-19-7-4-5-8-20(19)13-21)37-26(41)28(2,11-6-12-33-27(31)32)36-23(39)17-38(3)24(40)16-34-18/h4-5,7-10,13,22,34H,1,6,11-12,14-17H2,2-3H3,(H2,30,35)(H,36,39)(H,37,41)(H4,31,32,33)/t22-,28?,29-/m1/s1. The van der Waals surface area contributed by atoms with E-state index in [1.807, 2.05) is 36.4 Å². The number of likely N-dealkylation sites (N-methyl/N-ethyl adjacent to an activating group) is 1. The first kappa shape index (κ1) is 29.4. The second kappa shape index (κ2) is 11.9. The van der Waals surface area contributed by atoms with Crippen molar-refractivity contribution in [3.63, 3.8) is 0 Å². The zero-order valence-corrected chi connectivity index (χ0v) is 23.6. The van der Waals surface area contributed by atoms with E-state index in [1.165, 1.54) is 11.9 Å². The first-order valence-electron chi connectivity index (χ1n) is 13.6. The summed E-state index contributed by atoms with van der Waals surface area (Å²) >= 11 is 0.